The molecular formula is C12H18ClN3O. The minimum atomic E-state index is 0.106. The Bertz CT molecular complexity index is 361. The van der Waals surface area contributed by atoms with E-state index in [0.717, 1.165) is 37.4 Å². The van der Waals surface area contributed by atoms with Crippen LogP contribution in [-0.4, -0.2) is 41.6 Å². The molecule has 5 heteroatoms. The molecule has 1 aliphatic heterocycles. The minimum Gasteiger partial charge on any atom is -0.373 e. The lowest BCUT2D eigenvalue weighted by Gasteiger charge is -2.32. The molecule has 1 atom stereocenters. The number of halogens is 1. The van der Waals surface area contributed by atoms with Crippen molar-refractivity contribution < 1.29 is 4.74 Å². The third-order valence-corrected chi connectivity index (χ3v) is 3.19. The van der Waals surface area contributed by atoms with E-state index in [1.807, 2.05) is 0 Å². The van der Waals surface area contributed by atoms with Crippen LogP contribution in [0.3, 0.4) is 0 Å². The highest BCUT2D eigenvalue weighted by atomic mass is 35.5. The number of rotatable bonds is 4. The second-order valence-electron chi connectivity index (χ2n) is 4.21. The molecule has 1 aromatic heterocycles. The molecule has 0 radical (unpaired) electrons. The number of hydrogen-bond donors (Lipinski definition) is 0. The predicted molar refractivity (Wildman–Crippen MR) is 68.7 cm³/mol. The molecule has 0 amide bonds. The molecule has 94 valence electrons. The molecule has 0 aromatic carbocycles. The van der Waals surface area contributed by atoms with E-state index in [2.05, 4.69) is 27.9 Å². The van der Waals surface area contributed by atoms with Crippen molar-refractivity contribution in [2.45, 2.75) is 25.9 Å². The van der Waals surface area contributed by atoms with Gasteiger partial charge in [0.1, 0.15) is 12.1 Å². The number of morpholine rings is 1. The maximum atomic E-state index is 5.83. The smallest absolute Gasteiger partial charge is 0.132 e. The van der Waals surface area contributed by atoms with Gasteiger partial charge in [-0.05, 0) is 6.42 Å². The number of aryl methyl sites for hydroxylation is 1. The van der Waals surface area contributed by atoms with E-state index >= 15 is 0 Å². The number of hydrogen-bond acceptors (Lipinski definition) is 4. The summed E-state index contributed by atoms with van der Waals surface area (Å²) in [6, 6.07) is 2.07. The maximum Gasteiger partial charge on any atom is 0.132 e. The fraction of sp³-hybridized carbons (Fsp3) is 0.667. The first-order chi connectivity index (χ1) is 8.33. The minimum absolute atomic E-state index is 0.106. The fourth-order valence-electron chi connectivity index (χ4n) is 1.97. The van der Waals surface area contributed by atoms with Gasteiger partial charge in [-0.25, -0.2) is 9.97 Å². The predicted octanol–water partition coefficient (Wildman–Crippen LogP) is 1.87. The molecule has 1 aliphatic rings. The second-order valence-corrected chi connectivity index (χ2v) is 4.52. The van der Waals surface area contributed by atoms with Crippen LogP contribution in [0, 0.1) is 0 Å². The van der Waals surface area contributed by atoms with E-state index in [-0.39, 0.29) is 6.10 Å². The van der Waals surface area contributed by atoms with E-state index in [4.69, 9.17) is 16.3 Å². The monoisotopic (exact) mass is 255 g/mol. The Kier molecular flexibility index (Phi) is 4.57. The number of aromatic nitrogens is 2. The van der Waals surface area contributed by atoms with Gasteiger partial charge in [-0.15, -0.1) is 11.6 Å². The van der Waals surface area contributed by atoms with E-state index in [1.165, 1.54) is 0 Å². The molecule has 0 bridgehead atoms. The standard InChI is InChI=1S/C12H18ClN3O/c1-2-3-10-6-12(15-9-14-10)16-4-5-17-11(7-13)8-16/h6,9,11H,2-5,7-8H2,1H3. The Hall–Kier alpha value is -0.870. The summed E-state index contributed by atoms with van der Waals surface area (Å²) in [6.45, 7) is 4.55. The molecule has 1 unspecified atom stereocenters. The van der Waals surface area contributed by atoms with E-state index in [1.54, 1.807) is 6.33 Å². The zero-order valence-electron chi connectivity index (χ0n) is 10.1. The van der Waals surface area contributed by atoms with Gasteiger partial charge in [-0.1, -0.05) is 13.3 Å². The Labute approximate surface area is 107 Å². The van der Waals surface area contributed by atoms with Crippen molar-refractivity contribution in [1.82, 2.24) is 9.97 Å². The highest BCUT2D eigenvalue weighted by molar-refractivity contribution is 6.18. The molecule has 0 N–H and O–H groups in total. The van der Waals surface area contributed by atoms with Crippen molar-refractivity contribution in [2.75, 3.05) is 30.5 Å². The van der Waals surface area contributed by atoms with Gasteiger partial charge in [0.05, 0.1) is 18.6 Å². The summed E-state index contributed by atoms with van der Waals surface area (Å²) in [6.07, 6.45) is 3.85. The molecule has 17 heavy (non-hydrogen) atoms. The van der Waals surface area contributed by atoms with Gasteiger partial charge in [0, 0.05) is 24.8 Å². The number of anilines is 1. The van der Waals surface area contributed by atoms with Crippen LogP contribution in [0.5, 0.6) is 0 Å². The van der Waals surface area contributed by atoms with Gasteiger partial charge >= 0.3 is 0 Å². The van der Waals surface area contributed by atoms with E-state index < -0.39 is 0 Å². The summed E-state index contributed by atoms with van der Waals surface area (Å²) in [5, 5.41) is 0. The van der Waals surface area contributed by atoms with Crippen molar-refractivity contribution in [3.8, 4) is 0 Å². The van der Waals surface area contributed by atoms with Crippen LogP contribution >= 0.6 is 11.6 Å². The highest BCUT2D eigenvalue weighted by Crippen LogP contribution is 2.16. The van der Waals surface area contributed by atoms with Crippen LogP contribution in [0.4, 0.5) is 5.82 Å². The largest absolute Gasteiger partial charge is 0.373 e. The molecule has 2 rings (SSSR count). The molecule has 1 saturated heterocycles. The lowest BCUT2D eigenvalue weighted by Crippen LogP contribution is -2.43. The molecule has 0 spiro atoms. The Morgan fingerprint density at radius 1 is 1.53 bits per heavy atom. The third-order valence-electron chi connectivity index (χ3n) is 2.85. The first kappa shape index (κ1) is 12.6. The molecule has 2 heterocycles. The lowest BCUT2D eigenvalue weighted by atomic mass is 10.2. The fourth-order valence-corrected chi connectivity index (χ4v) is 2.16. The topological polar surface area (TPSA) is 38.2 Å². The molecule has 1 aromatic rings. The molecule has 4 nitrogen and oxygen atoms in total. The second kappa shape index (κ2) is 6.17. The zero-order chi connectivity index (χ0) is 12.1. The molecule has 0 saturated carbocycles. The van der Waals surface area contributed by atoms with Gasteiger partial charge in [-0.2, -0.15) is 0 Å². The zero-order valence-corrected chi connectivity index (χ0v) is 10.9. The normalized spacial score (nSPS) is 20.6. The van der Waals surface area contributed by atoms with Crippen molar-refractivity contribution >= 4 is 17.4 Å². The van der Waals surface area contributed by atoms with Crippen molar-refractivity contribution in [3.05, 3.63) is 18.1 Å². The van der Waals surface area contributed by atoms with Crippen LogP contribution < -0.4 is 4.90 Å². The van der Waals surface area contributed by atoms with E-state index in [9.17, 15) is 0 Å². The number of nitrogens with zero attached hydrogens (tertiary/aromatic N) is 3. The van der Waals surface area contributed by atoms with Crippen molar-refractivity contribution in [2.24, 2.45) is 0 Å². The lowest BCUT2D eigenvalue weighted by molar-refractivity contribution is 0.0551. The first-order valence-electron chi connectivity index (χ1n) is 6.07. The first-order valence-corrected chi connectivity index (χ1v) is 6.60. The van der Waals surface area contributed by atoms with Crippen LogP contribution in [0.2, 0.25) is 0 Å². The van der Waals surface area contributed by atoms with Gasteiger partial charge < -0.3 is 9.64 Å². The summed E-state index contributed by atoms with van der Waals surface area (Å²) in [7, 11) is 0. The van der Waals surface area contributed by atoms with Crippen molar-refractivity contribution in [1.29, 1.82) is 0 Å². The maximum absolute atomic E-state index is 5.83. The Morgan fingerprint density at radius 2 is 2.41 bits per heavy atom. The van der Waals surface area contributed by atoms with Crippen LogP contribution in [0.1, 0.15) is 19.0 Å². The van der Waals surface area contributed by atoms with E-state index in [0.29, 0.717) is 12.5 Å². The van der Waals surface area contributed by atoms with Crippen LogP contribution in [0.15, 0.2) is 12.4 Å². The molecule has 1 fully saturated rings. The van der Waals surface area contributed by atoms with Gasteiger partial charge in [0.25, 0.3) is 0 Å². The average Bonchev–Trinajstić information content (AvgIpc) is 2.40. The average molecular weight is 256 g/mol. The van der Waals surface area contributed by atoms with Crippen molar-refractivity contribution in [3.63, 3.8) is 0 Å². The Morgan fingerprint density at radius 3 is 3.18 bits per heavy atom. The highest BCUT2D eigenvalue weighted by Gasteiger charge is 2.20. The summed E-state index contributed by atoms with van der Waals surface area (Å²) in [5.41, 5.74) is 1.10. The SMILES string of the molecule is CCCc1cc(N2CCOC(CCl)C2)ncn1. The van der Waals surface area contributed by atoms with Crippen LogP contribution in [-0.2, 0) is 11.2 Å². The summed E-state index contributed by atoms with van der Waals surface area (Å²) in [4.78, 5) is 10.8. The summed E-state index contributed by atoms with van der Waals surface area (Å²) in [5.74, 6) is 1.52. The third kappa shape index (κ3) is 3.30. The van der Waals surface area contributed by atoms with Gasteiger partial charge in [-0.3, -0.25) is 0 Å². The van der Waals surface area contributed by atoms with Crippen LogP contribution in [0.25, 0.3) is 0 Å². The summed E-state index contributed by atoms with van der Waals surface area (Å²) < 4.78 is 5.54. The molecular weight excluding hydrogens is 238 g/mol. The number of ether oxygens (including phenoxy) is 1. The summed E-state index contributed by atoms with van der Waals surface area (Å²) >= 11 is 5.83. The number of alkyl halides is 1. The van der Waals surface area contributed by atoms with Gasteiger partial charge in [0.2, 0.25) is 0 Å². The quantitative estimate of drug-likeness (QED) is 0.770. The van der Waals surface area contributed by atoms with Gasteiger partial charge in [0.15, 0.2) is 0 Å². The molecule has 0 aliphatic carbocycles. The Balaban J connectivity index is 2.07.